The van der Waals surface area contributed by atoms with Crippen LogP contribution in [0.15, 0.2) is 30.3 Å². The fraction of sp³-hybridized carbons (Fsp3) is 0.542. The first kappa shape index (κ1) is 19.3. The predicted molar refractivity (Wildman–Crippen MR) is 114 cm³/mol. The van der Waals surface area contributed by atoms with Crippen molar-refractivity contribution < 1.29 is 9.59 Å². The van der Waals surface area contributed by atoms with E-state index in [1.54, 1.807) is 0 Å². The third kappa shape index (κ3) is 3.04. The largest absolute Gasteiger partial charge is 0.342 e. The Morgan fingerprint density at radius 1 is 1.03 bits per heavy atom. The van der Waals surface area contributed by atoms with Crippen LogP contribution in [0.1, 0.15) is 73.2 Å². The summed E-state index contributed by atoms with van der Waals surface area (Å²) < 4.78 is 1.81. The van der Waals surface area contributed by atoms with Crippen LogP contribution in [-0.4, -0.2) is 50.5 Å². The van der Waals surface area contributed by atoms with E-state index in [9.17, 15) is 9.59 Å². The molecule has 3 heterocycles. The van der Waals surface area contributed by atoms with E-state index in [1.807, 2.05) is 46.8 Å². The zero-order valence-electron chi connectivity index (χ0n) is 17.9. The lowest BCUT2D eigenvalue weighted by atomic mass is 9.99. The summed E-state index contributed by atoms with van der Waals surface area (Å²) in [5, 5.41) is 4.68. The number of hydrogen-bond acceptors (Lipinski definition) is 3. The number of nitrogens with zero attached hydrogens (tertiary/aromatic N) is 4. The molecule has 0 bridgehead atoms. The minimum Gasteiger partial charge on any atom is -0.342 e. The molecular formula is C24H30N4O2. The molecule has 1 atom stereocenters. The zero-order chi connectivity index (χ0) is 20.8. The normalized spacial score (nSPS) is 22.7. The summed E-state index contributed by atoms with van der Waals surface area (Å²) in [5.41, 5.74) is 3.59. The van der Waals surface area contributed by atoms with Crippen molar-refractivity contribution >= 4 is 11.8 Å². The minimum absolute atomic E-state index is 0.0204. The molecule has 1 saturated heterocycles. The molecule has 0 radical (unpaired) electrons. The number of fused-ring (bicyclic) bond motifs is 1. The molecular weight excluding hydrogens is 376 g/mol. The van der Waals surface area contributed by atoms with Gasteiger partial charge >= 0.3 is 0 Å². The first-order chi connectivity index (χ1) is 14.6. The number of likely N-dealkylation sites (tertiary alicyclic amines) is 1. The van der Waals surface area contributed by atoms with Crippen LogP contribution in [0.3, 0.4) is 0 Å². The van der Waals surface area contributed by atoms with Crippen LogP contribution in [0.5, 0.6) is 0 Å². The number of carbonyl (C=O) groups is 2. The molecule has 6 nitrogen and oxygen atoms in total. The smallest absolute Gasteiger partial charge is 0.273 e. The fourth-order valence-corrected chi connectivity index (χ4v) is 5.72. The lowest BCUT2D eigenvalue weighted by molar-refractivity contribution is -0.136. The van der Waals surface area contributed by atoms with Crippen LogP contribution in [0.2, 0.25) is 0 Å². The quantitative estimate of drug-likeness (QED) is 0.777. The summed E-state index contributed by atoms with van der Waals surface area (Å²) in [6.45, 7) is 5.63. The molecule has 5 rings (SSSR count). The van der Waals surface area contributed by atoms with Crippen molar-refractivity contribution in [1.29, 1.82) is 0 Å². The molecule has 0 spiro atoms. The Morgan fingerprint density at radius 3 is 2.37 bits per heavy atom. The van der Waals surface area contributed by atoms with Gasteiger partial charge in [-0.2, -0.15) is 5.10 Å². The van der Waals surface area contributed by atoms with Gasteiger partial charge in [0.25, 0.3) is 5.91 Å². The molecule has 2 amide bonds. The molecule has 3 aliphatic rings. The number of para-hydroxylation sites is 1. The van der Waals surface area contributed by atoms with Gasteiger partial charge in [-0.25, -0.2) is 4.68 Å². The summed E-state index contributed by atoms with van der Waals surface area (Å²) in [4.78, 5) is 30.4. The second-order valence-electron chi connectivity index (χ2n) is 9.02. The number of rotatable bonds is 3. The second kappa shape index (κ2) is 7.56. The number of hydrogen-bond donors (Lipinski definition) is 0. The first-order valence-electron chi connectivity index (χ1n) is 11.3. The van der Waals surface area contributed by atoms with Crippen LogP contribution in [0, 0.1) is 12.8 Å². The predicted octanol–water partition coefficient (Wildman–Crippen LogP) is 3.88. The monoisotopic (exact) mass is 406 g/mol. The van der Waals surface area contributed by atoms with E-state index < -0.39 is 0 Å². The summed E-state index contributed by atoms with van der Waals surface area (Å²) >= 11 is 0. The minimum atomic E-state index is 0.0204. The Labute approximate surface area is 177 Å². The molecule has 1 aromatic heterocycles. The van der Waals surface area contributed by atoms with Crippen molar-refractivity contribution in [2.75, 3.05) is 13.1 Å². The maximum atomic E-state index is 13.5. The van der Waals surface area contributed by atoms with Gasteiger partial charge in [-0.1, -0.05) is 31.0 Å². The highest BCUT2D eigenvalue weighted by atomic mass is 16.2. The van der Waals surface area contributed by atoms with Crippen molar-refractivity contribution in [3.63, 3.8) is 0 Å². The number of amides is 2. The van der Waals surface area contributed by atoms with E-state index in [2.05, 4.69) is 16.9 Å². The maximum absolute atomic E-state index is 13.5. The number of piperidine rings is 1. The summed E-state index contributed by atoms with van der Waals surface area (Å²) in [5.74, 6) is 0.644. The molecule has 1 unspecified atom stereocenters. The van der Waals surface area contributed by atoms with E-state index in [0.717, 1.165) is 55.7 Å². The molecule has 30 heavy (non-hydrogen) atoms. The van der Waals surface area contributed by atoms with Gasteiger partial charge in [0.15, 0.2) is 0 Å². The molecule has 0 N–H and O–H groups in total. The lowest BCUT2D eigenvalue weighted by Gasteiger charge is -2.39. The summed E-state index contributed by atoms with van der Waals surface area (Å²) in [6, 6.07) is 10.1. The molecule has 2 aliphatic heterocycles. The van der Waals surface area contributed by atoms with E-state index in [0.29, 0.717) is 11.6 Å². The number of benzene rings is 1. The van der Waals surface area contributed by atoms with Crippen LogP contribution in [-0.2, 0) is 4.79 Å². The van der Waals surface area contributed by atoms with Gasteiger partial charge in [-0.05, 0) is 51.7 Å². The van der Waals surface area contributed by atoms with Crippen LogP contribution >= 0.6 is 0 Å². The standard InChI is InChI=1S/C24H30N4O2/c1-16-21-17(2)27(24(30)22(21)28(25-16)20-10-4-3-5-11-20)19-12-14-26(15-13-19)23(29)18-8-6-7-9-18/h3-5,10-11,17-19H,6-9,12-15H2,1-2H3. The molecule has 6 heteroatoms. The van der Waals surface area contributed by atoms with Crippen molar-refractivity contribution in [2.24, 2.45) is 5.92 Å². The number of carbonyl (C=O) groups excluding carboxylic acids is 2. The topological polar surface area (TPSA) is 58.4 Å². The number of aryl methyl sites for hydroxylation is 1. The Bertz CT molecular complexity index is 953. The van der Waals surface area contributed by atoms with Crippen molar-refractivity contribution in [2.45, 2.75) is 64.5 Å². The van der Waals surface area contributed by atoms with Crippen molar-refractivity contribution in [1.82, 2.24) is 19.6 Å². The van der Waals surface area contributed by atoms with Crippen LogP contribution in [0.25, 0.3) is 5.69 Å². The van der Waals surface area contributed by atoms with Crippen molar-refractivity contribution in [3.8, 4) is 5.69 Å². The second-order valence-corrected chi connectivity index (χ2v) is 9.02. The molecule has 1 saturated carbocycles. The molecule has 2 fully saturated rings. The Kier molecular flexibility index (Phi) is 4.88. The van der Waals surface area contributed by atoms with Gasteiger partial charge in [-0.3, -0.25) is 9.59 Å². The highest BCUT2D eigenvalue weighted by Gasteiger charge is 2.44. The van der Waals surface area contributed by atoms with Gasteiger partial charge in [-0.15, -0.1) is 0 Å². The zero-order valence-corrected chi connectivity index (χ0v) is 17.9. The molecule has 1 aromatic carbocycles. The average Bonchev–Trinajstić information content (AvgIpc) is 3.47. The average molecular weight is 407 g/mol. The molecule has 158 valence electrons. The highest BCUT2D eigenvalue weighted by molar-refractivity contribution is 5.98. The molecule has 2 aromatic rings. The fourth-order valence-electron chi connectivity index (χ4n) is 5.72. The van der Waals surface area contributed by atoms with Crippen LogP contribution in [0.4, 0.5) is 0 Å². The Morgan fingerprint density at radius 2 is 1.70 bits per heavy atom. The van der Waals surface area contributed by atoms with Gasteiger partial charge in [0, 0.05) is 30.6 Å². The third-order valence-electron chi connectivity index (χ3n) is 7.25. The molecule has 1 aliphatic carbocycles. The van der Waals surface area contributed by atoms with Crippen molar-refractivity contribution in [3.05, 3.63) is 47.3 Å². The Balaban J connectivity index is 1.34. The van der Waals surface area contributed by atoms with Crippen LogP contribution < -0.4 is 0 Å². The van der Waals surface area contributed by atoms with Gasteiger partial charge in [0.1, 0.15) is 5.69 Å². The number of aromatic nitrogens is 2. The summed E-state index contributed by atoms with van der Waals surface area (Å²) in [7, 11) is 0. The van der Waals surface area contributed by atoms with Gasteiger partial charge in [0.05, 0.1) is 17.4 Å². The van der Waals surface area contributed by atoms with E-state index in [-0.39, 0.29) is 23.9 Å². The van der Waals surface area contributed by atoms with E-state index >= 15 is 0 Å². The summed E-state index contributed by atoms with van der Waals surface area (Å²) in [6.07, 6.45) is 6.18. The third-order valence-corrected chi connectivity index (χ3v) is 7.25. The van der Waals surface area contributed by atoms with Gasteiger partial charge in [0.2, 0.25) is 5.91 Å². The highest BCUT2D eigenvalue weighted by Crippen LogP contribution is 2.40. The maximum Gasteiger partial charge on any atom is 0.273 e. The lowest BCUT2D eigenvalue weighted by Crippen LogP contribution is -2.49. The SMILES string of the molecule is Cc1nn(-c2ccccc2)c2c1C(C)N(C1CCN(C(=O)C3CCCC3)CC1)C2=O. The van der Waals surface area contributed by atoms with Gasteiger partial charge < -0.3 is 9.80 Å². The van der Waals surface area contributed by atoms with E-state index in [1.165, 1.54) is 12.8 Å². The first-order valence-corrected chi connectivity index (χ1v) is 11.3. The van der Waals surface area contributed by atoms with E-state index in [4.69, 9.17) is 0 Å². The Hall–Kier alpha value is -2.63.